The van der Waals surface area contributed by atoms with E-state index in [0.29, 0.717) is 10.7 Å². The van der Waals surface area contributed by atoms with E-state index in [-0.39, 0.29) is 21.3 Å². The second kappa shape index (κ2) is 8.51. The summed E-state index contributed by atoms with van der Waals surface area (Å²) in [4.78, 5) is 24.0. The Morgan fingerprint density at radius 2 is 1.64 bits per heavy atom. The van der Waals surface area contributed by atoms with E-state index < -0.39 is 28.0 Å². The Balaban J connectivity index is 2.22. The maximum atomic E-state index is 12.6. The molecular formula is C19H19Cl2NO5S. The van der Waals surface area contributed by atoms with Gasteiger partial charge in [0.25, 0.3) is 10.0 Å². The van der Waals surface area contributed by atoms with Crippen molar-refractivity contribution in [2.24, 2.45) is 5.41 Å². The zero-order valence-electron chi connectivity index (χ0n) is 15.5. The molecule has 28 heavy (non-hydrogen) atoms. The van der Waals surface area contributed by atoms with Crippen molar-refractivity contribution in [1.29, 1.82) is 0 Å². The first-order valence-corrected chi connectivity index (χ1v) is 10.4. The number of esters is 1. The van der Waals surface area contributed by atoms with Crippen LogP contribution in [0.2, 0.25) is 10.0 Å². The van der Waals surface area contributed by atoms with E-state index in [0.717, 1.165) is 6.07 Å². The largest absolute Gasteiger partial charge is 0.454 e. The highest BCUT2D eigenvalue weighted by Gasteiger charge is 2.24. The van der Waals surface area contributed by atoms with Gasteiger partial charge in [0, 0.05) is 16.1 Å². The number of hydrogen-bond acceptors (Lipinski definition) is 5. The van der Waals surface area contributed by atoms with Gasteiger partial charge in [-0.25, -0.2) is 13.2 Å². The third-order valence-corrected chi connectivity index (χ3v) is 5.70. The van der Waals surface area contributed by atoms with Gasteiger partial charge in [-0.2, -0.15) is 0 Å². The zero-order chi connectivity index (χ0) is 21.1. The SMILES string of the molecule is CC(C)(C)C(=O)COC(=O)c1cc(S(=O)(=O)Nc2ccc(Cl)cc2)ccc1Cl. The van der Waals surface area contributed by atoms with Crippen LogP contribution in [0.3, 0.4) is 0 Å². The van der Waals surface area contributed by atoms with Gasteiger partial charge in [-0.15, -0.1) is 0 Å². The summed E-state index contributed by atoms with van der Waals surface area (Å²) >= 11 is 11.8. The van der Waals surface area contributed by atoms with Crippen molar-refractivity contribution >= 4 is 50.7 Å². The molecule has 9 heteroatoms. The fourth-order valence-corrected chi connectivity index (χ4v) is 3.39. The Morgan fingerprint density at radius 3 is 2.21 bits per heavy atom. The average Bonchev–Trinajstić information content (AvgIpc) is 2.60. The number of ether oxygens (including phenoxy) is 1. The topological polar surface area (TPSA) is 89.5 Å². The molecule has 2 aromatic rings. The van der Waals surface area contributed by atoms with Gasteiger partial charge in [0.15, 0.2) is 12.4 Å². The first-order chi connectivity index (χ1) is 12.9. The van der Waals surface area contributed by atoms with E-state index in [1.54, 1.807) is 20.8 Å². The highest BCUT2D eigenvalue weighted by atomic mass is 35.5. The molecule has 6 nitrogen and oxygen atoms in total. The van der Waals surface area contributed by atoms with E-state index in [1.807, 2.05) is 0 Å². The molecule has 2 aromatic carbocycles. The third-order valence-electron chi connectivity index (χ3n) is 3.74. The van der Waals surface area contributed by atoms with Gasteiger partial charge in [0.05, 0.1) is 15.5 Å². The third kappa shape index (κ3) is 5.70. The summed E-state index contributed by atoms with van der Waals surface area (Å²) in [5.74, 6) is -1.16. The molecule has 0 bridgehead atoms. The van der Waals surface area contributed by atoms with Gasteiger partial charge in [-0.05, 0) is 42.5 Å². The molecule has 0 aromatic heterocycles. The minimum atomic E-state index is -3.98. The summed E-state index contributed by atoms with van der Waals surface area (Å²) in [7, 11) is -3.98. The standard InChI is InChI=1S/C19H19Cl2NO5S/c1-19(2,3)17(23)11-27-18(24)15-10-14(8-9-16(15)21)28(25,26)22-13-6-4-12(20)5-7-13/h4-10,22H,11H2,1-3H3. The summed E-state index contributed by atoms with van der Waals surface area (Å²) in [5.41, 5.74) is -0.515. The fraction of sp³-hybridized carbons (Fsp3) is 0.263. The van der Waals surface area contributed by atoms with Crippen molar-refractivity contribution in [2.45, 2.75) is 25.7 Å². The molecule has 0 aliphatic heterocycles. The van der Waals surface area contributed by atoms with Gasteiger partial charge in [-0.1, -0.05) is 44.0 Å². The van der Waals surface area contributed by atoms with Crippen LogP contribution < -0.4 is 4.72 Å². The Bertz CT molecular complexity index is 996. The number of anilines is 1. The summed E-state index contributed by atoms with van der Waals surface area (Å²) in [6.45, 7) is 4.67. The summed E-state index contributed by atoms with van der Waals surface area (Å²) in [6, 6.07) is 9.72. The summed E-state index contributed by atoms with van der Waals surface area (Å²) < 4.78 is 32.5. The monoisotopic (exact) mass is 443 g/mol. The molecule has 0 aliphatic carbocycles. The van der Waals surface area contributed by atoms with E-state index in [4.69, 9.17) is 27.9 Å². The van der Waals surface area contributed by atoms with Crippen molar-refractivity contribution in [3.05, 3.63) is 58.1 Å². The molecule has 0 fully saturated rings. The Hall–Kier alpha value is -2.09. The van der Waals surface area contributed by atoms with Crippen molar-refractivity contribution in [1.82, 2.24) is 0 Å². The Kier molecular flexibility index (Phi) is 6.75. The van der Waals surface area contributed by atoms with Crippen molar-refractivity contribution < 1.29 is 22.7 Å². The van der Waals surface area contributed by atoms with Crippen LogP contribution >= 0.6 is 23.2 Å². The molecule has 0 amide bonds. The lowest BCUT2D eigenvalue weighted by molar-refractivity contribution is -0.129. The highest BCUT2D eigenvalue weighted by Crippen LogP contribution is 2.24. The van der Waals surface area contributed by atoms with E-state index >= 15 is 0 Å². The number of benzene rings is 2. The molecule has 0 saturated carbocycles. The number of halogens is 2. The van der Waals surface area contributed by atoms with E-state index in [1.165, 1.54) is 36.4 Å². The normalized spacial score (nSPS) is 11.8. The number of ketones is 1. The van der Waals surface area contributed by atoms with Crippen LogP contribution in [0.4, 0.5) is 5.69 Å². The quantitative estimate of drug-likeness (QED) is 0.660. The molecule has 0 spiro atoms. The maximum Gasteiger partial charge on any atom is 0.340 e. The second-order valence-corrected chi connectivity index (χ2v) is 9.53. The predicted octanol–water partition coefficient (Wildman–Crippen LogP) is 4.57. The fourth-order valence-electron chi connectivity index (χ4n) is 1.99. The molecule has 1 N–H and O–H groups in total. The smallest absolute Gasteiger partial charge is 0.340 e. The lowest BCUT2D eigenvalue weighted by Crippen LogP contribution is -2.26. The summed E-state index contributed by atoms with van der Waals surface area (Å²) in [6.07, 6.45) is 0. The molecule has 2 rings (SSSR count). The van der Waals surface area contributed by atoms with Gasteiger partial charge in [-0.3, -0.25) is 9.52 Å². The van der Waals surface area contributed by atoms with E-state index in [2.05, 4.69) is 4.72 Å². The summed E-state index contributed by atoms with van der Waals surface area (Å²) in [5, 5.41) is 0.475. The first kappa shape index (κ1) is 22.2. The minimum absolute atomic E-state index is 0.0126. The Morgan fingerprint density at radius 1 is 1.04 bits per heavy atom. The van der Waals surface area contributed by atoms with Crippen LogP contribution in [0.1, 0.15) is 31.1 Å². The molecule has 150 valence electrons. The zero-order valence-corrected chi connectivity index (χ0v) is 17.8. The molecule has 0 aliphatic rings. The minimum Gasteiger partial charge on any atom is -0.454 e. The van der Waals surface area contributed by atoms with Crippen LogP contribution in [-0.2, 0) is 19.6 Å². The lowest BCUT2D eigenvalue weighted by Gasteiger charge is -2.16. The number of carbonyl (C=O) groups excluding carboxylic acids is 2. The number of hydrogen-bond donors (Lipinski definition) is 1. The molecular weight excluding hydrogens is 425 g/mol. The number of nitrogens with one attached hydrogen (secondary N) is 1. The van der Waals surface area contributed by atoms with Crippen molar-refractivity contribution in [2.75, 3.05) is 11.3 Å². The number of carbonyl (C=O) groups is 2. The second-order valence-electron chi connectivity index (χ2n) is 7.00. The van der Waals surface area contributed by atoms with Crippen LogP contribution in [0, 0.1) is 5.41 Å². The van der Waals surface area contributed by atoms with Crippen LogP contribution in [0.25, 0.3) is 0 Å². The van der Waals surface area contributed by atoms with E-state index in [9.17, 15) is 18.0 Å². The van der Waals surface area contributed by atoms with Gasteiger partial charge >= 0.3 is 5.97 Å². The Labute approximate surface area is 173 Å². The highest BCUT2D eigenvalue weighted by molar-refractivity contribution is 7.92. The molecule has 0 atom stereocenters. The van der Waals surface area contributed by atoms with Crippen LogP contribution in [0.5, 0.6) is 0 Å². The average molecular weight is 444 g/mol. The number of Topliss-reactive ketones (excluding diaryl/α,β-unsaturated/α-hetero) is 1. The number of sulfonamides is 1. The predicted molar refractivity (Wildman–Crippen MR) is 108 cm³/mol. The van der Waals surface area contributed by atoms with Gasteiger partial charge in [0.2, 0.25) is 0 Å². The molecule has 0 radical (unpaired) electrons. The van der Waals surface area contributed by atoms with Crippen molar-refractivity contribution in [3.8, 4) is 0 Å². The molecule has 0 heterocycles. The van der Waals surface area contributed by atoms with Gasteiger partial charge in [0.1, 0.15) is 0 Å². The molecule has 0 saturated heterocycles. The van der Waals surface area contributed by atoms with Crippen LogP contribution in [-0.4, -0.2) is 26.8 Å². The van der Waals surface area contributed by atoms with Crippen LogP contribution in [0.15, 0.2) is 47.4 Å². The van der Waals surface area contributed by atoms with Gasteiger partial charge < -0.3 is 4.74 Å². The number of rotatable bonds is 6. The van der Waals surface area contributed by atoms with Crippen molar-refractivity contribution in [3.63, 3.8) is 0 Å². The first-order valence-electron chi connectivity index (χ1n) is 8.18. The molecule has 0 unspecified atom stereocenters. The lowest BCUT2D eigenvalue weighted by atomic mass is 9.91. The maximum absolute atomic E-state index is 12.6.